The van der Waals surface area contributed by atoms with E-state index in [1.807, 2.05) is 54.6 Å². The predicted molar refractivity (Wildman–Crippen MR) is 115 cm³/mol. The van der Waals surface area contributed by atoms with E-state index in [9.17, 15) is 9.18 Å². The lowest BCUT2D eigenvalue weighted by atomic mass is 10.0. The number of rotatable bonds is 5. The average molecular weight is 450 g/mol. The molecule has 0 aliphatic rings. The first-order valence-corrected chi connectivity index (χ1v) is 9.90. The van der Waals surface area contributed by atoms with Crippen LogP contribution in [0, 0.1) is 5.82 Å². The van der Waals surface area contributed by atoms with Crippen LogP contribution in [0.2, 0.25) is 0 Å². The van der Waals surface area contributed by atoms with Crippen molar-refractivity contribution >= 4 is 32.6 Å². The van der Waals surface area contributed by atoms with Crippen LogP contribution in [0.25, 0.3) is 10.9 Å². The standard InChI is InChI=1S/C24H17BrFNO2/c1-15(28)21-9-8-20(26)14-23(21)29-24-18(11-16-5-3-2-4-6-16)12-17-13-19(25)7-10-22(17)27-24/h2-10,12-14H,11H2,1H3. The maximum Gasteiger partial charge on any atom is 0.223 e. The lowest BCUT2D eigenvalue weighted by Gasteiger charge is -2.14. The molecule has 0 fully saturated rings. The van der Waals surface area contributed by atoms with Gasteiger partial charge in [0.2, 0.25) is 5.88 Å². The summed E-state index contributed by atoms with van der Waals surface area (Å²) in [6, 6.07) is 21.7. The summed E-state index contributed by atoms with van der Waals surface area (Å²) in [7, 11) is 0. The fourth-order valence-corrected chi connectivity index (χ4v) is 3.56. The van der Waals surface area contributed by atoms with E-state index in [0.29, 0.717) is 17.9 Å². The molecule has 5 heteroatoms. The highest BCUT2D eigenvalue weighted by atomic mass is 79.9. The van der Waals surface area contributed by atoms with Crippen molar-refractivity contribution in [2.24, 2.45) is 0 Å². The molecule has 3 nitrogen and oxygen atoms in total. The van der Waals surface area contributed by atoms with Crippen molar-refractivity contribution in [1.82, 2.24) is 4.98 Å². The van der Waals surface area contributed by atoms with E-state index in [-0.39, 0.29) is 11.5 Å². The number of nitrogens with zero attached hydrogens (tertiary/aromatic N) is 1. The molecule has 4 rings (SSSR count). The van der Waals surface area contributed by atoms with Gasteiger partial charge >= 0.3 is 0 Å². The number of carbonyl (C=O) groups is 1. The topological polar surface area (TPSA) is 39.2 Å². The van der Waals surface area contributed by atoms with Crippen LogP contribution in [0.4, 0.5) is 4.39 Å². The van der Waals surface area contributed by atoms with E-state index in [4.69, 9.17) is 4.74 Å². The van der Waals surface area contributed by atoms with Gasteiger partial charge in [-0.2, -0.15) is 0 Å². The Balaban J connectivity index is 1.84. The lowest BCUT2D eigenvalue weighted by molar-refractivity contribution is 0.101. The van der Waals surface area contributed by atoms with Crippen LogP contribution in [0.5, 0.6) is 11.6 Å². The smallest absolute Gasteiger partial charge is 0.223 e. The fraction of sp³-hybridized carbons (Fsp3) is 0.0833. The van der Waals surface area contributed by atoms with Crippen LogP contribution >= 0.6 is 15.9 Å². The SMILES string of the molecule is CC(=O)c1ccc(F)cc1Oc1nc2ccc(Br)cc2cc1Cc1ccccc1. The van der Waals surface area contributed by atoms with Crippen LogP contribution in [0.1, 0.15) is 28.4 Å². The van der Waals surface area contributed by atoms with Gasteiger partial charge in [-0.05, 0) is 48.9 Å². The van der Waals surface area contributed by atoms with E-state index >= 15 is 0 Å². The van der Waals surface area contributed by atoms with Gasteiger partial charge in [-0.25, -0.2) is 9.37 Å². The van der Waals surface area contributed by atoms with Gasteiger partial charge in [0.1, 0.15) is 11.6 Å². The van der Waals surface area contributed by atoms with E-state index in [1.165, 1.54) is 25.1 Å². The van der Waals surface area contributed by atoms with Crippen LogP contribution in [-0.2, 0) is 6.42 Å². The molecule has 4 aromatic rings. The number of halogens is 2. The van der Waals surface area contributed by atoms with Crippen molar-refractivity contribution < 1.29 is 13.9 Å². The minimum absolute atomic E-state index is 0.163. The van der Waals surface area contributed by atoms with E-state index in [2.05, 4.69) is 20.9 Å². The molecule has 0 aliphatic heterocycles. The van der Waals surface area contributed by atoms with Gasteiger partial charge in [0.05, 0.1) is 11.1 Å². The fourth-order valence-electron chi connectivity index (χ4n) is 3.18. The van der Waals surface area contributed by atoms with Gasteiger partial charge in [-0.3, -0.25) is 4.79 Å². The van der Waals surface area contributed by atoms with E-state index in [0.717, 1.165) is 26.5 Å². The summed E-state index contributed by atoms with van der Waals surface area (Å²) in [5.41, 5.74) is 3.01. The average Bonchev–Trinajstić information content (AvgIpc) is 2.69. The first kappa shape index (κ1) is 19.3. The van der Waals surface area contributed by atoms with Crippen molar-refractivity contribution in [2.75, 3.05) is 0 Å². The molecule has 0 saturated heterocycles. The second-order valence-electron chi connectivity index (χ2n) is 6.75. The summed E-state index contributed by atoms with van der Waals surface area (Å²) in [6.45, 7) is 1.43. The molecule has 0 N–H and O–H groups in total. The second-order valence-corrected chi connectivity index (χ2v) is 7.67. The monoisotopic (exact) mass is 449 g/mol. The van der Waals surface area contributed by atoms with E-state index < -0.39 is 5.82 Å². The third-order valence-electron chi connectivity index (χ3n) is 4.58. The number of hydrogen-bond acceptors (Lipinski definition) is 3. The number of pyridine rings is 1. The van der Waals surface area contributed by atoms with Crippen LogP contribution in [0.15, 0.2) is 77.3 Å². The number of carbonyl (C=O) groups excluding carboxylic acids is 1. The van der Waals surface area contributed by atoms with Gasteiger partial charge in [-0.15, -0.1) is 0 Å². The normalized spacial score (nSPS) is 10.9. The number of Topliss-reactive ketones (excluding diaryl/α,β-unsaturated/α-hetero) is 1. The predicted octanol–water partition coefficient (Wildman–Crippen LogP) is 6.72. The Hall–Kier alpha value is -3.05. The molecule has 0 bridgehead atoms. The zero-order valence-electron chi connectivity index (χ0n) is 15.7. The van der Waals surface area contributed by atoms with Gasteiger partial charge in [0, 0.05) is 27.9 Å². The molecule has 144 valence electrons. The highest BCUT2D eigenvalue weighted by Crippen LogP contribution is 2.32. The molecule has 0 aliphatic carbocycles. The maximum atomic E-state index is 13.8. The zero-order valence-corrected chi connectivity index (χ0v) is 17.2. The number of hydrogen-bond donors (Lipinski definition) is 0. The van der Waals surface area contributed by atoms with Crippen molar-refractivity contribution in [3.8, 4) is 11.6 Å². The molecule has 3 aromatic carbocycles. The highest BCUT2D eigenvalue weighted by Gasteiger charge is 2.15. The van der Waals surface area contributed by atoms with Gasteiger partial charge in [-0.1, -0.05) is 46.3 Å². The largest absolute Gasteiger partial charge is 0.438 e. The first-order valence-electron chi connectivity index (χ1n) is 9.11. The third-order valence-corrected chi connectivity index (χ3v) is 5.08. The number of fused-ring (bicyclic) bond motifs is 1. The third kappa shape index (κ3) is 4.35. The molecule has 0 saturated carbocycles. The number of benzene rings is 3. The Morgan fingerprint density at radius 1 is 1.03 bits per heavy atom. The molecule has 1 heterocycles. The van der Waals surface area contributed by atoms with Crippen molar-refractivity contribution in [3.05, 3.63) is 99.8 Å². The Kier molecular flexibility index (Phi) is 5.41. The highest BCUT2D eigenvalue weighted by molar-refractivity contribution is 9.10. The summed E-state index contributed by atoms with van der Waals surface area (Å²) in [5.74, 6) is -0.152. The van der Waals surface area contributed by atoms with E-state index in [1.54, 1.807) is 0 Å². The molecule has 0 unspecified atom stereocenters. The number of aromatic nitrogens is 1. The van der Waals surface area contributed by atoms with Gasteiger partial charge in [0.15, 0.2) is 5.78 Å². The summed E-state index contributed by atoms with van der Waals surface area (Å²) in [4.78, 5) is 16.6. The van der Waals surface area contributed by atoms with Gasteiger partial charge < -0.3 is 4.74 Å². The molecule has 0 amide bonds. The second kappa shape index (κ2) is 8.13. The molecule has 0 radical (unpaired) electrons. The Bertz CT molecular complexity index is 1210. The molecular weight excluding hydrogens is 433 g/mol. The molecule has 1 aromatic heterocycles. The number of ketones is 1. The van der Waals surface area contributed by atoms with Crippen molar-refractivity contribution in [2.45, 2.75) is 13.3 Å². The maximum absolute atomic E-state index is 13.8. The Morgan fingerprint density at radius 3 is 2.59 bits per heavy atom. The summed E-state index contributed by atoms with van der Waals surface area (Å²) in [6.07, 6.45) is 0.594. The molecule has 0 atom stereocenters. The Labute approximate surface area is 176 Å². The molecule has 0 spiro atoms. The minimum atomic E-state index is -0.473. The summed E-state index contributed by atoms with van der Waals surface area (Å²) >= 11 is 3.49. The number of ether oxygens (including phenoxy) is 1. The first-order chi connectivity index (χ1) is 14.0. The molecule has 29 heavy (non-hydrogen) atoms. The summed E-state index contributed by atoms with van der Waals surface area (Å²) < 4.78 is 20.8. The quantitative estimate of drug-likeness (QED) is 0.317. The van der Waals surface area contributed by atoms with Crippen molar-refractivity contribution in [3.63, 3.8) is 0 Å². The lowest BCUT2D eigenvalue weighted by Crippen LogP contribution is -2.02. The van der Waals surface area contributed by atoms with Crippen LogP contribution < -0.4 is 4.74 Å². The van der Waals surface area contributed by atoms with Crippen molar-refractivity contribution in [1.29, 1.82) is 0 Å². The Morgan fingerprint density at radius 2 is 1.83 bits per heavy atom. The van der Waals surface area contributed by atoms with Crippen LogP contribution in [-0.4, -0.2) is 10.8 Å². The van der Waals surface area contributed by atoms with Gasteiger partial charge in [0.25, 0.3) is 0 Å². The minimum Gasteiger partial charge on any atom is -0.438 e. The summed E-state index contributed by atoms with van der Waals surface area (Å²) in [5, 5.41) is 0.962. The molecular formula is C24H17BrFNO2. The zero-order chi connectivity index (χ0) is 20.4. The van der Waals surface area contributed by atoms with Crippen LogP contribution in [0.3, 0.4) is 0 Å².